The lowest BCUT2D eigenvalue weighted by atomic mass is 10.0. The average Bonchev–Trinajstić information content (AvgIpc) is 2.29. The number of aliphatic hydroxyl groups is 1. The van der Waals surface area contributed by atoms with Crippen molar-refractivity contribution in [3.63, 3.8) is 0 Å². The molecule has 0 saturated carbocycles. The van der Waals surface area contributed by atoms with Crippen LogP contribution in [0, 0.1) is 0 Å². The molecule has 1 aromatic carbocycles. The summed E-state index contributed by atoms with van der Waals surface area (Å²) in [6.07, 6.45) is -1.28. The Balaban J connectivity index is 2.61. The molecule has 0 aliphatic heterocycles. The number of alkyl carbamates (subject to hydrolysis) is 1. The Morgan fingerprint density at radius 1 is 1.40 bits per heavy atom. The Kier molecular flexibility index (Phi) is 4.12. The Morgan fingerprint density at radius 3 is 2.53 bits per heavy atom. The van der Waals surface area contributed by atoms with Gasteiger partial charge in [0.25, 0.3) is 0 Å². The van der Waals surface area contributed by atoms with Crippen LogP contribution in [0.5, 0.6) is 0 Å². The summed E-state index contributed by atoms with van der Waals surface area (Å²) in [5.41, 5.74) is 0.765. The largest absolute Gasteiger partial charge is 0.453 e. The van der Waals surface area contributed by atoms with Crippen LogP contribution < -0.4 is 5.32 Å². The third kappa shape index (κ3) is 3.25. The van der Waals surface area contributed by atoms with Gasteiger partial charge in [-0.3, -0.25) is 0 Å². The number of nitrogens with one attached hydrogen (secondary N) is 1. The summed E-state index contributed by atoms with van der Waals surface area (Å²) in [7, 11) is 1.29. The predicted octanol–water partition coefficient (Wildman–Crippen LogP) is 1.46. The van der Waals surface area contributed by atoms with Crippen molar-refractivity contribution in [2.45, 2.75) is 19.1 Å². The lowest BCUT2D eigenvalue weighted by molar-refractivity contribution is 0.120. The van der Waals surface area contributed by atoms with Crippen molar-refractivity contribution >= 4 is 6.09 Å². The number of aliphatic hydroxyl groups excluding tert-OH is 1. The number of hydrogen-bond acceptors (Lipinski definition) is 3. The number of rotatable bonds is 3. The monoisotopic (exact) mass is 209 g/mol. The van der Waals surface area contributed by atoms with Crippen LogP contribution in [0.4, 0.5) is 4.79 Å². The number of hydrogen-bond donors (Lipinski definition) is 2. The first-order chi connectivity index (χ1) is 7.15. The summed E-state index contributed by atoms with van der Waals surface area (Å²) in [4.78, 5) is 10.9. The third-order valence-corrected chi connectivity index (χ3v) is 2.15. The quantitative estimate of drug-likeness (QED) is 0.792. The van der Waals surface area contributed by atoms with Gasteiger partial charge in [-0.2, -0.15) is 0 Å². The summed E-state index contributed by atoms with van der Waals surface area (Å²) in [6.45, 7) is 1.72. The van der Waals surface area contributed by atoms with Gasteiger partial charge in [-0.1, -0.05) is 30.3 Å². The van der Waals surface area contributed by atoms with Crippen molar-refractivity contribution in [3.8, 4) is 0 Å². The van der Waals surface area contributed by atoms with Gasteiger partial charge >= 0.3 is 6.09 Å². The fourth-order valence-corrected chi connectivity index (χ4v) is 1.26. The Bertz CT molecular complexity index is 313. The molecule has 0 saturated heterocycles. The Labute approximate surface area is 88.9 Å². The summed E-state index contributed by atoms with van der Waals surface area (Å²) >= 11 is 0. The smallest absolute Gasteiger partial charge is 0.407 e. The zero-order chi connectivity index (χ0) is 11.3. The second-order valence-corrected chi connectivity index (χ2v) is 3.28. The minimum atomic E-state index is -0.731. The summed E-state index contributed by atoms with van der Waals surface area (Å²) in [5.74, 6) is 0. The van der Waals surface area contributed by atoms with Crippen molar-refractivity contribution in [3.05, 3.63) is 35.9 Å². The van der Waals surface area contributed by atoms with Crippen molar-refractivity contribution in [2.24, 2.45) is 0 Å². The van der Waals surface area contributed by atoms with Gasteiger partial charge in [-0.15, -0.1) is 0 Å². The molecule has 0 fully saturated rings. The van der Waals surface area contributed by atoms with Crippen LogP contribution in [0.2, 0.25) is 0 Å². The lowest BCUT2D eigenvalue weighted by Crippen LogP contribution is -2.36. The van der Waals surface area contributed by atoms with E-state index in [1.807, 2.05) is 18.2 Å². The molecular formula is C11H15NO3. The lowest BCUT2D eigenvalue weighted by Gasteiger charge is -2.19. The maximum atomic E-state index is 10.9. The van der Waals surface area contributed by atoms with E-state index in [0.717, 1.165) is 5.56 Å². The standard InChI is InChI=1S/C11H15NO3/c1-8(12-11(14)15-2)10(13)9-6-4-3-5-7-9/h3-8,10,13H,1-2H3,(H,12,14)/t8?,10-/m1/s1. The van der Waals surface area contributed by atoms with Crippen molar-refractivity contribution in [1.82, 2.24) is 5.32 Å². The van der Waals surface area contributed by atoms with Gasteiger partial charge in [-0.25, -0.2) is 4.79 Å². The molecule has 2 atom stereocenters. The van der Waals surface area contributed by atoms with E-state index in [-0.39, 0.29) is 6.04 Å². The predicted molar refractivity (Wildman–Crippen MR) is 56.4 cm³/mol. The second-order valence-electron chi connectivity index (χ2n) is 3.28. The molecule has 1 unspecified atom stereocenters. The molecular weight excluding hydrogens is 194 g/mol. The Morgan fingerprint density at radius 2 is 2.00 bits per heavy atom. The van der Waals surface area contributed by atoms with Crippen LogP contribution in [0.1, 0.15) is 18.6 Å². The number of benzene rings is 1. The molecule has 0 heterocycles. The van der Waals surface area contributed by atoms with E-state index in [4.69, 9.17) is 0 Å². The number of carbonyl (C=O) groups excluding carboxylic acids is 1. The first kappa shape index (κ1) is 11.5. The van der Waals surface area contributed by atoms with Gasteiger partial charge in [0.15, 0.2) is 0 Å². The molecule has 0 aliphatic carbocycles. The number of ether oxygens (including phenoxy) is 1. The van der Waals surface area contributed by atoms with E-state index >= 15 is 0 Å². The van der Waals surface area contributed by atoms with E-state index < -0.39 is 12.2 Å². The molecule has 2 N–H and O–H groups in total. The molecule has 4 nitrogen and oxygen atoms in total. The van der Waals surface area contributed by atoms with Gasteiger partial charge < -0.3 is 15.2 Å². The highest BCUT2D eigenvalue weighted by Gasteiger charge is 2.17. The fourth-order valence-electron chi connectivity index (χ4n) is 1.26. The number of methoxy groups -OCH3 is 1. The van der Waals surface area contributed by atoms with E-state index in [9.17, 15) is 9.90 Å². The SMILES string of the molecule is COC(=O)NC(C)[C@@H](O)c1ccccc1. The molecule has 0 aliphatic rings. The van der Waals surface area contributed by atoms with E-state index in [1.165, 1.54) is 7.11 Å². The van der Waals surface area contributed by atoms with Gasteiger partial charge in [-0.05, 0) is 12.5 Å². The third-order valence-electron chi connectivity index (χ3n) is 2.15. The zero-order valence-electron chi connectivity index (χ0n) is 8.81. The van der Waals surface area contributed by atoms with Gasteiger partial charge in [0, 0.05) is 0 Å². The maximum absolute atomic E-state index is 10.9. The fraction of sp³-hybridized carbons (Fsp3) is 0.364. The summed E-state index contributed by atoms with van der Waals surface area (Å²) < 4.78 is 4.45. The maximum Gasteiger partial charge on any atom is 0.407 e. The second kappa shape index (κ2) is 5.36. The first-order valence-corrected chi connectivity index (χ1v) is 4.72. The first-order valence-electron chi connectivity index (χ1n) is 4.72. The molecule has 0 bridgehead atoms. The van der Waals surface area contributed by atoms with Crippen LogP contribution in [0.3, 0.4) is 0 Å². The normalized spacial score (nSPS) is 14.1. The highest BCUT2D eigenvalue weighted by Crippen LogP contribution is 2.15. The molecule has 4 heteroatoms. The van der Waals surface area contributed by atoms with Crippen LogP contribution >= 0.6 is 0 Å². The minimum Gasteiger partial charge on any atom is -0.453 e. The number of amides is 1. The van der Waals surface area contributed by atoms with E-state index in [1.54, 1.807) is 19.1 Å². The van der Waals surface area contributed by atoms with Crippen LogP contribution in [-0.4, -0.2) is 24.4 Å². The van der Waals surface area contributed by atoms with Gasteiger partial charge in [0.1, 0.15) is 0 Å². The zero-order valence-corrected chi connectivity index (χ0v) is 8.81. The minimum absolute atomic E-state index is 0.389. The summed E-state index contributed by atoms with van der Waals surface area (Å²) in [5, 5.41) is 12.4. The summed E-state index contributed by atoms with van der Waals surface area (Å²) in [6, 6.07) is 8.77. The molecule has 0 radical (unpaired) electrons. The van der Waals surface area contributed by atoms with E-state index in [0.29, 0.717) is 0 Å². The van der Waals surface area contributed by atoms with Crippen molar-refractivity contribution in [2.75, 3.05) is 7.11 Å². The van der Waals surface area contributed by atoms with Gasteiger partial charge in [0.2, 0.25) is 0 Å². The van der Waals surface area contributed by atoms with Crippen molar-refractivity contribution in [1.29, 1.82) is 0 Å². The van der Waals surface area contributed by atoms with Crippen LogP contribution in [-0.2, 0) is 4.74 Å². The van der Waals surface area contributed by atoms with Gasteiger partial charge in [0.05, 0.1) is 19.3 Å². The van der Waals surface area contributed by atoms with Crippen molar-refractivity contribution < 1.29 is 14.6 Å². The molecule has 1 amide bonds. The average molecular weight is 209 g/mol. The molecule has 82 valence electrons. The van der Waals surface area contributed by atoms with Crippen LogP contribution in [0.25, 0.3) is 0 Å². The number of carbonyl (C=O) groups is 1. The molecule has 1 aromatic rings. The highest BCUT2D eigenvalue weighted by molar-refractivity contribution is 5.67. The Hall–Kier alpha value is -1.55. The molecule has 15 heavy (non-hydrogen) atoms. The molecule has 0 spiro atoms. The van der Waals surface area contributed by atoms with E-state index in [2.05, 4.69) is 10.1 Å². The van der Waals surface area contributed by atoms with Crippen LogP contribution in [0.15, 0.2) is 30.3 Å². The topological polar surface area (TPSA) is 58.6 Å². The highest BCUT2D eigenvalue weighted by atomic mass is 16.5. The molecule has 1 rings (SSSR count). The molecule has 0 aromatic heterocycles.